The fraction of sp³-hybridized carbons (Fsp3) is 0.545. The first-order valence-corrected chi connectivity index (χ1v) is 7.78. The predicted molar refractivity (Wildman–Crippen MR) is 76.3 cm³/mol. The van der Waals surface area contributed by atoms with Gasteiger partial charge in [-0.2, -0.15) is 72.8 Å². The van der Waals surface area contributed by atoms with E-state index in [1.54, 1.807) is 0 Å². The van der Waals surface area contributed by atoms with E-state index in [1.165, 1.54) is 21.1 Å². The van der Waals surface area contributed by atoms with Crippen LogP contribution in [-0.4, -0.2) is 46.6 Å². The van der Waals surface area contributed by atoms with Gasteiger partial charge < -0.3 is 17.2 Å². The Morgan fingerprint density at radius 2 is 0.800 bits per heavy atom. The monoisotopic (exact) mass is 479 g/mol. The van der Waals surface area contributed by atoms with Gasteiger partial charge in [-0.25, -0.2) is 12.1 Å². The summed E-state index contributed by atoms with van der Waals surface area (Å²) >= 11 is 0. The van der Waals surface area contributed by atoms with E-state index >= 15 is 0 Å². The smallest absolute Gasteiger partial charge is 0.680 e. The number of alkyl halides is 9. The summed E-state index contributed by atoms with van der Waals surface area (Å²) in [6, 6.07) is 1.84. The first kappa shape index (κ1) is 32.4. The summed E-state index contributed by atoms with van der Waals surface area (Å²) < 4.78 is 113. The molecule has 0 saturated heterocycles. The Bertz CT molecular complexity index is 380. The van der Waals surface area contributed by atoms with Crippen molar-refractivity contribution in [2.45, 2.75) is 17.4 Å². The molecule has 0 unspecified atom stereocenters. The Labute approximate surface area is 159 Å². The second-order valence-corrected chi connectivity index (χ2v) is 7.20. The van der Waals surface area contributed by atoms with E-state index in [-0.39, 0.29) is 38.3 Å². The van der Waals surface area contributed by atoms with Crippen LogP contribution in [0.5, 0.6) is 0 Å². The first-order valence-electron chi connectivity index (χ1n) is 5.78. The zero-order valence-electron chi connectivity index (χ0n) is 13.2. The van der Waals surface area contributed by atoms with Crippen LogP contribution in [0.4, 0.5) is 39.5 Å². The average Bonchev–Trinajstić information content (AvgIpc) is 2.95. The van der Waals surface area contributed by atoms with E-state index in [9.17, 15) is 39.5 Å². The largest absolute Gasteiger partial charge is 4.00 e. The molecule has 0 saturated carbocycles. The Hall–Kier alpha value is -0.300. The van der Waals surface area contributed by atoms with E-state index in [0.717, 1.165) is 0 Å². The summed E-state index contributed by atoms with van der Waals surface area (Å²) in [6.45, 7) is 0. The maximum Gasteiger partial charge on any atom is 4.00 e. The summed E-state index contributed by atoms with van der Waals surface area (Å²) in [6.07, 6.45) is 0. The third-order valence-corrected chi connectivity index (χ3v) is 6.12. The van der Waals surface area contributed by atoms with Crippen LogP contribution in [0.25, 0.3) is 17.2 Å². The molecule has 14 heteroatoms. The van der Waals surface area contributed by atoms with Gasteiger partial charge in [-0.15, -0.1) is 5.19 Å². The molecule has 25 heavy (non-hydrogen) atoms. The molecule has 3 nitrogen and oxygen atoms in total. The van der Waals surface area contributed by atoms with Crippen molar-refractivity contribution in [1.29, 1.82) is 0 Å². The molecule has 0 aliphatic carbocycles. The number of hydrogen-bond acceptors (Lipinski definition) is 0. The molecular weight excluding hydrogens is 464 g/mol. The molecule has 0 aliphatic rings. The summed E-state index contributed by atoms with van der Waals surface area (Å²) in [5.41, 5.74) is 17.2. The van der Waals surface area contributed by atoms with Gasteiger partial charge >= 0.3 is 51.7 Å². The van der Waals surface area contributed by atoms with Crippen LogP contribution in [0.1, 0.15) is 0 Å². The molecule has 0 spiro atoms. The molecule has 0 amide bonds. The van der Waals surface area contributed by atoms with Crippen LogP contribution in [0.15, 0.2) is 24.3 Å². The molecule has 1 aromatic carbocycles. The zero-order chi connectivity index (χ0) is 20.4. The van der Waals surface area contributed by atoms with Crippen molar-refractivity contribution in [2.24, 2.45) is 0 Å². The normalized spacial score (nSPS) is 11.5. The van der Waals surface area contributed by atoms with Crippen LogP contribution in [0.2, 0.25) is 0 Å². The quantitative estimate of drug-likeness (QED) is 0.295. The molecule has 0 bridgehead atoms. The number of rotatable bonds is 1. The minimum absolute atomic E-state index is 0. The average molecular weight is 481 g/mol. The number of hydrogen-bond donors (Lipinski definition) is 0. The van der Waals surface area contributed by atoms with E-state index in [0.29, 0.717) is 12.1 Å². The Kier molecular flexibility index (Phi) is 16.8. The summed E-state index contributed by atoms with van der Waals surface area (Å²) in [5.74, 6) is -19.2. The van der Waals surface area contributed by atoms with Crippen molar-refractivity contribution in [3.63, 3.8) is 0 Å². The van der Waals surface area contributed by atoms with Crippen LogP contribution in [-0.2, 0) is 26.2 Å². The third kappa shape index (κ3) is 7.08. The molecule has 146 valence electrons. The minimum atomic E-state index is -7.72. The van der Waals surface area contributed by atoms with E-state index in [2.05, 4.69) is 0 Å². The molecule has 0 fully saturated rings. The maximum absolute atomic E-state index is 12.6. The van der Waals surface area contributed by atoms with E-state index < -0.39 is 30.7 Å². The summed E-state index contributed by atoms with van der Waals surface area (Å²) in [7, 11) is -3.97. The predicted octanol–water partition coefficient (Wildman–Crippen LogP) is 5.37. The summed E-state index contributed by atoms with van der Waals surface area (Å²) in [4.78, 5) is 0. The van der Waals surface area contributed by atoms with Crippen molar-refractivity contribution in [3.05, 3.63) is 41.5 Å². The summed E-state index contributed by atoms with van der Waals surface area (Å²) in [5, 5.41) is -1.75. The van der Waals surface area contributed by atoms with Crippen LogP contribution >= 0.6 is 0 Å². The van der Waals surface area contributed by atoms with Crippen molar-refractivity contribution >= 4 is 13.3 Å². The fourth-order valence-corrected chi connectivity index (χ4v) is 4.24. The van der Waals surface area contributed by atoms with Gasteiger partial charge in [0.05, 0.1) is 0 Å². The van der Waals surface area contributed by atoms with Crippen molar-refractivity contribution in [2.75, 3.05) is 21.1 Å². The van der Waals surface area contributed by atoms with Crippen LogP contribution in [0.3, 0.4) is 0 Å². The minimum Gasteiger partial charge on any atom is -0.680 e. The first-order chi connectivity index (χ1) is 10.9. The van der Waals surface area contributed by atoms with Gasteiger partial charge in [0, 0.05) is 0 Å². The van der Waals surface area contributed by atoms with Crippen molar-refractivity contribution < 1.29 is 65.7 Å². The van der Waals surface area contributed by atoms with E-state index in [4.69, 9.17) is 17.2 Å². The fourth-order valence-electron chi connectivity index (χ4n) is 1.60. The van der Waals surface area contributed by atoms with Gasteiger partial charge in [0.15, 0.2) is 0 Å². The molecule has 0 heterocycles. The molecule has 1 aromatic rings. The Morgan fingerprint density at radius 1 is 0.600 bits per heavy atom. The maximum atomic E-state index is 12.6. The van der Waals surface area contributed by atoms with Crippen molar-refractivity contribution in [1.82, 2.24) is 0 Å². The number of halogens is 9. The van der Waals surface area contributed by atoms with Gasteiger partial charge in [0.2, 0.25) is 0 Å². The molecule has 1 rings (SSSR count). The third-order valence-electron chi connectivity index (χ3n) is 2.37. The van der Waals surface area contributed by atoms with Gasteiger partial charge in [-0.1, -0.05) is 0 Å². The SMILES string of the molecule is C[NH-].C[NH-].C[NH-].FC(F)(F)[Si]([c-]1cccc1)(C(F)(F)F)C(F)(F)F.[Zr+4]. The topological polar surface area (TPSA) is 71.4 Å². The van der Waals surface area contributed by atoms with Crippen LogP contribution in [0, 0.1) is 0 Å². The number of nitrogens with one attached hydrogen (secondary N) is 3. The van der Waals surface area contributed by atoms with Gasteiger partial charge in [0.1, 0.15) is 0 Å². The molecular formula is C11H16F9N3SiZr. The van der Waals surface area contributed by atoms with Gasteiger partial charge in [0.25, 0.3) is 0 Å². The molecule has 0 radical (unpaired) electrons. The Balaban J connectivity index is -0.000000284. The molecule has 0 atom stereocenters. The molecule has 0 aliphatic heterocycles. The second kappa shape index (κ2) is 13.0. The zero-order valence-corrected chi connectivity index (χ0v) is 16.7. The second-order valence-electron chi connectivity index (χ2n) is 3.42. The van der Waals surface area contributed by atoms with Crippen molar-refractivity contribution in [3.8, 4) is 0 Å². The standard InChI is InChI=1S/C8H4F9Si.3CH4N.Zr/c9-6(10,11)18(7(12,13)14,8(15,16)17)5-3-1-2-4-5;3*1-2;/h1-4H;3*2H,1H3;/q4*-1;+4. The molecule has 3 N–H and O–H groups in total. The van der Waals surface area contributed by atoms with Gasteiger partial charge in [-0.05, 0) is 0 Å². The Morgan fingerprint density at radius 3 is 0.960 bits per heavy atom. The van der Waals surface area contributed by atoms with Crippen LogP contribution < -0.4 is 5.19 Å². The molecule has 0 aromatic heterocycles. The van der Waals surface area contributed by atoms with Gasteiger partial charge in [-0.3, -0.25) is 0 Å². The van der Waals surface area contributed by atoms with E-state index in [1.807, 2.05) is 0 Å².